The smallest absolute Gasteiger partial charge is 0.250 e. The number of benzene rings is 1. The van der Waals surface area contributed by atoms with E-state index in [0.29, 0.717) is 12.1 Å². The Labute approximate surface area is 116 Å². The largest absolute Gasteiger partial charge is 0.494 e. The predicted molar refractivity (Wildman–Crippen MR) is 75.3 cm³/mol. The molecule has 2 N–H and O–H groups in total. The standard InChI is InChI=1S/C15H17FN2O2/c1-10-4-3-5-15(19)18(10)9-13(17)11-6-7-14(20-2)12(16)8-11/h3-8,13H,9,17H2,1-2H3. The van der Waals surface area contributed by atoms with Crippen LogP contribution in [0, 0.1) is 12.7 Å². The zero-order valence-electron chi connectivity index (χ0n) is 11.5. The summed E-state index contributed by atoms with van der Waals surface area (Å²) < 4.78 is 20.1. The second kappa shape index (κ2) is 5.88. The normalized spacial score (nSPS) is 12.2. The second-order valence-corrected chi connectivity index (χ2v) is 4.62. The summed E-state index contributed by atoms with van der Waals surface area (Å²) in [5.74, 6) is -0.286. The number of rotatable bonds is 4. The summed E-state index contributed by atoms with van der Waals surface area (Å²) in [5, 5.41) is 0. The molecule has 20 heavy (non-hydrogen) atoms. The maximum atomic E-state index is 13.7. The van der Waals surface area contributed by atoms with Gasteiger partial charge < -0.3 is 15.0 Å². The van der Waals surface area contributed by atoms with Gasteiger partial charge in [-0.25, -0.2) is 4.39 Å². The van der Waals surface area contributed by atoms with E-state index in [2.05, 4.69) is 0 Å². The number of hydrogen-bond donors (Lipinski definition) is 1. The lowest BCUT2D eigenvalue weighted by atomic mass is 10.1. The van der Waals surface area contributed by atoms with Crippen LogP contribution in [-0.2, 0) is 6.54 Å². The molecule has 0 fully saturated rings. The van der Waals surface area contributed by atoms with Gasteiger partial charge in [-0.05, 0) is 30.7 Å². The Kier molecular flexibility index (Phi) is 4.20. The Hall–Kier alpha value is -2.14. The minimum Gasteiger partial charge on any atom is -0.494 e. The zero-order chi connectivity index (χ0) is 14.7. The molecule has 0 radical (unpaired) electrons. The highest BCUT2D eigenvalue weighted by Gasteiger charge is 2.12. The molecule has 0 saturated heterocycles. The summed E-state index contributed by atoms with van der Waals surface area (Å²) >= 11 is 0. The molecule has 0 saturated carbocycles. The lowest BCUT2D eigenvalue weighted by Crippen LogP contribution is -2.27. The van der Waals surface area contributed by atoms with Crippen molar-refractivity contribution in [2.24, 2.45) is 5.73 Å². The van der Waals surface area contributed by atoms with Crippen LogP contribution in [0.25, 0.3) is 0 Å². The minimum absolute atomic E-state index is 0.116. The van der Waals surface area contributed by atoms with E-state index in [-0.39, 0.29) is 11.3 Å². The first-order chi connectivity index (χ1) is 9.52. The molecule has 4 nitrogen and oxygen atoms in total. The summed E-state index contributed by atoms with van der Waals surface area (Å²) in [7, 11) is 1.41. The third kappa shape index (κ3) is 2.88. The van der Waals surface area contributed by atoms with Gasteiger partial charge in [0, 0.05) is 24.3 Å². The highest BCUT2D eigenvalue weighted by atomic mass is 19.1. The van der Waals surface area contributed by atoms with E-state index in [1.807, 2.05) is 13.0 Å². The van der Waals surface area contributed by atoms with Crippen LogP contribution in [-0.4, -0.2) is 11.7 Å². The summed E-state index contributed by atoms with van der Waals surface area (Å²) in [6, 6.07) is 9.13. The number of hydrogen-bond acceptors (Lipinski definition) is 3. The fraction of sp³-hybridized carbons (Fsp3) is 0.267. The van der Waals surface area contributed by atoms with Crippen LogP contribution in [0.3, 0.4) is 0 Å². The quantitative estimate of drug-likeness (QED) is 0.929. The lowest BCUT2D eigenvalue weighted by molar-refractivity contribution is 0.385. The molecule has 1 heterocycles. The van der Waals surface area contributed by atoms with Crippen molar-refractivity contribution in [3.05, 3.63) is 63.8 Å². The Bertz CT molecular complexity index is 667. The van der Waals surface area contributed by atoms with E-state index in [1.165, 1.54) is 25.3 Å². The number of nitrogens with two attached hydrogens (primary N) is 1. The van der Waals surface area contributed by atoms with Gasteiger partial charge in [0.25, 0.3) is 5.56 Å². The van der Waals surface area contributed by atoms with E-state index in [0.717, 1.165) is 5.69 Å². The van der Waals surface area contributed by atoms with Gasteiger partial charge in [-0.15, -0.1) is 0 Å². The number of methoxy groups -OCH3 is 1. The Morgan fingerprint density at radius 1 is 1.35 bits per heavy atom. The van der Waals surface area contributed by atoms with Crippen LogP contribution in [0.15, 0.2) is 41.2 Å². The van der Waals surface area contributed by atoms with Crippen LogP contribution in [0.4, 0.5) is 4.39 Å². The molecule has 2 aromatic rings. The van der Waals surface area contributed by atoms with Gasteiger partial charge in [0.2, 0.25) is 0 Å². The molecule has 0 aliphatic rings. The average Bonchev–Trinajstić information content (AvgIpc) is 2.42. The molecular weight excluding hydrogens is 259 g/mol. The fourth-order valence-corrected chi connectivity index (χ4v) is 2.07. The van der Waals surface area contributed by atoms with Gasteiger partial charge in [-0.2, -0.15) is 0 Å². The van der Waals surface area contributed by atoms with Crippen LogP contribution in [0.1, 0.15) is 17.3 Å². The average molecular weight is 276 g/mol. The Morgan fingerprint density at radius 3 is 2.70 bits per heavy atom. The molecule has 1 aromatic heterocycles. The van der Waals surface area contributed by atoms with E-state index in [4.69, 9.17) is 10.5 Å². The van der Waals surface area contributed by atoms with Crippen molar-refractivity contribution in [3.63, 3.8) is 0 Å². The van der Waals surface area contributed by atoms with Gasteiger partial charge in [-0.3, -0.25) is 4.79 Å². The van der Waals surface area contributed by atoms with Gasteiger partial charge >= 0.3 is 0 Å². The van der Waals surface area contributed by atoms with E-state index < -0.39 is 11.9 Å². The fourth-order valence-electron chi connectivity index (χ4n) is 2.07. The first-order valence-electron chi connectivity index (χ1n) is 6.28. The molecule has 0 amide bonds. The molecule has 1 atom stereocenters. The van der Waals surface area contributed by atoms with Crippen LogP contribution in [0.5, 0.6) is 5.75 Å². The van der Waals surface area contributed by atoms with Crippen molar-refractivity contribution >= 4 is 0 Å². The van der Waals surface area contributed by atoms with Crippen molar-refractivity contribution in [3.8, 4) is 5.75 Å². The molecule has 0 aliphatic carbocycles. The second-order valence-electron chi connectivity index (χ2n) is 4.62. The lowest BCUT2D eigenvalue weighted by Gasteiger charge is -2.16. The monoisotopic (exact) mass is 276 g/mol. The topological polar surface area (TPSA) is 57.2 Å². The van der Waals surface area contributed by atoms with Crippen molar-refractivity contribution in [2.75, 3.05) is 7.11 Å². The summed E-state index contributed by atoms with van der Waals surface area (Å²) in [4.78, 5) is 11.8. The molecule has 5 heteroatoms. The van der Waals surface area contributed by atoms with Crippen LogP contribution in [0.2, 0.25) is 0 Å². The molecule has 2 rings (SSSR count). The number of aryl methyl sites for hydroxylation is 1. The Balaban J connectivity index is 2.26. The summed E-state index contributed by atoms with van der Waals surface area (Å²) in [6.45, 7) is 2.14. The highest BCUT2D eigenvalue weighted by molar-refractivity contribution is 5.31. The molecule has 0 spiro atoms. The first-order valence-corrected chi connectivity index (χ1v) is 6.28. The molecule has 106 valence electrons. The maximum Gasteiger partial charge on any atom is 0.250 e. The number of ether oxygens (including phenoxy) is 1. The molecule has 1 aromatic carbocycles. The molecular formula is C15H17FN2O2. The van der Waals surface area contributed by atoms with Gasteiger partial charge in [0.05, 0.1) is 7.11 Å². The SMILES string of the molecule is COc1ccc(C(N)Cn2c(C)cccc2=O)cc1F. The molecule has 0 bridgehead atoms. The van der Waals surface area contributed by atoms with Crippen LogP contribution >= 0.6 is 0 Å². The summed E-state index contributed by atoms with van der Waals surface area (Å²) in [6.07, 6.45) is 0. The molecule has 0 aliphatic heterocycles. The van der Waals surface area contributed by atoms with Crippen molar-refractivity contribution in [1.29, 1.82) is 0 Å². The maximum absolute atomic E-state index is 13.7. The number of halogens is 1. The van der Waals surface area contributed by atoms with E-state index in [9.17, 15) is 9.18 Å². The number of pyridine rings is 1. The molecule has 1 unspecified atom stereocenters. The van der Waals surface area contributed by atoms with Gasteiger partial charge in [-0.1, -0.05) is 12.1 Å². The Morgan fingerprint density at radius 2 is 2.10 bits per heavy atom. The van der Waals surface area contributed by atoms with Crippen molar-refractivity contribution in [1.82, 2.24) is 4.57 Å². The van der Waals surface area contributed by atoms with Crippen molar-refractivity contribution in [2.45, 2.75) is 19.5 Å². The number of aromatic nitrogens is 1. The van der Waals surface area contributed by atoms with Crippen LogP contribution < -0.4 is 16.0 Å². The highest BCUT2D eigenvalue weighted by Crippen LogP contribution is 2.21. The minimum atomic E-state index is -0.464. The predicted octanol–water partition coefficient (Wildman–Crippen LogP) is 2.00. The third-order valence-corrected chi connectivity index (χ3v) is 3.25. The third-order valence-electron chi connectivity index (χ3n) is 3.25. The van der Waals surface area contributed by atoms with Gasteiger partial charge in [0.15, 0.2) is 11.6 Å². The zero-order valence-corrected chi connectivity index (χ0v) is 11.5. The van der Waals surface area contributed by atoms with E-state index >= 15 is 0 Å². The first kappa shape index (κ1) is 14.3. The van der Waals surface area contributed by atoms with E-state index in [1.54, 1.807) is 16.7 Å². The van der Waals surface area contributed by atoms with Crippen molar-refractivity contribution < 1.29 is 9.13 Å². The number of nitrogens with zero attached hydrogens (tertiary/aromatic N) is 1. The summed E-state index contributed by atoms with van der Waals surface area (Å²) in [5.41, 5.74) is 7.39. The van der Waals surface area contributed by atoms with Gasteiger partial charge in [0.1, 0.15) is 0 Å².